The Morgan fingerprint density at radius 2 is 0.970 bits per heavy atom. The van der Waals surface area contributed by atoms with E-state index in [4.69, 9.17) is 11.8 Å². The van der Waals surface area contributed by atoms with Crippen LogP contribution in [0.25, 0.3) is 34.0 Å². The molecule has 5 nitrogen and oxygen atoms in total. The number of hydrogen-bond donors (Lipinski definition) is 0. The first-order valence-electron chi connectivity index (χ1n) is 9.80. The maximum atomic E-state index is 6.25. The molecule has 1 aromatic carbocycles. The van der Waals surface area contributed by atoms with Crippen molar-refractivity contribution in [2.24, 2.45) is 0 Å². The molecule has 5 aromatic rings. The van der Waals surface area contributed by atoms with Crippen molar-refractivity contribution in [3.05, 3.63) is 128 Å². The number of rotatable bonds is 3. The second-order valence-corrected chi connectivity index (χ2v) is 6.33. The predicted molar refractivity (Wildman–Crippen MR) is 124 cm³/mol. The zero-order valence-corrected chi connectivity index (χ0v) is 19.9. The molecule has 0 atom stereocenters. The summed E-state index contributed by atoms with van der Waals surface area (Å²) in [7, 11) is 0. The summed E-state index contributed by atoms with van der Waals surface area (Å²) in [5, 5.41) is 6.25. The summed E-state index contributed by atoms with van der Waals surface area (Å²) in [5.74, 6) is 0. The van der Waals surface area contributed by atoms with Gasteiger partial charge < -0.3 is 16.8 Å². The molecule has 0 N–H and O–H groups in total. The molecule has 33 heavy (non-hydrogen) atoms. The molecule has 4 aromatic heterocycles. The van der Waals surface area contributed by atoms with Crippen LogP contribution in [0, 0.1) is 17.9 Å². The zero-order valence-electron chi connectivity index (χ0n) is 17.5. The number of hydrogen-bond acceptors (Lipinski definition) is 5. The molecule has 1 radical (unpaired) electrons. The minimum atomic E-state index is 0. The standard InChI is InChI=1S/C15H11N3.C11H8N.CN.Ir/c1-3-10-16-12(6-1)14-8-5-9-15(18-14)13-7-2-4-11-17-13;1-2-6-10(7-3-1)11-8-4-5-9-12-11;1-2;/h1-11H;1-6,8-9H;;/q;2*-1;. The molecule has 0 saturated heterocycles. The van der Waals surface area contributed by atoms with E-state index in [9.17, 15) is 0 Å². The van der Waals surface area contributed by atoms with Gasteiger partial charge in [-0.15, -0.1) is 35.9 Å². The van der Waals surface area contributed by atoms with E-state index in [1.807, 2.05) is 97.1 Å². The van der Waals surface area contributed by atoms with Crippen LogP contribution in [0.1, 0.15) is 0 Å². The third kappa shape index (κ3) is 7.55. The van der Waals surface area contributed by atoms with Crippen LogP contribution in [0.3, 0.4) is 0 Å². The van der Waals surface area contributed by atoms with Gasteiger partial charge in [-0.05, 0) is 48.2 Å². The van der Waals surface area contributed by atoms with E-state index in [2.05, 4.69) is 26.0 Å². The van der Waals surface area contributed by atoms with Gasteiger partial charge in [-0.3, -0.25) is 9.97 Å². The van der Waals surface area contributed by atoms with Gasteiger partial charge in [-0.1, -0.05) is 30.3 Å². The Labute approximate surface area is 207 Å². The van der Waals surface area contributed by atoms with Crippen molar-refractivity contribution in [3.8, 4) is 34.0 Å². The van der Waals surface area contributed by atoms with E-state index in [1.54, 1.807) is 18.6 Å². The molecule has 0 spiro atoms. The van der Waals surface area contributed by atoms with E-state index in [0.717, 1.165) is 34.0 Å². The molecule has 0 bridgehead atoms. The molecule has 163 valence electrons. The third-order valence-corrected chi connectivity index (χ3v) is 4.25. The molecule has 4 heterocycles. The van der Waals surface area contributed by atoms with Crippen molar-refractivity contribution in [3.63, 3.8) is 0 Å². The summed E-state index contributed by atoms with van der Waals surface area (Å²) in [4.78, 5) is 17.4. The van der Waals surface area contributed by atoms with Gasteiger partial charge in [0.15, 0.2) is 0 Å². The van der Waals surface area contributed by atoms with Crippen molar-refractivity contribution in [2.75, 3.05) is 0 Å². The van der Waals surface area contributed by atoms with Crippen molar-refractivity contribution in [1.29, 1.82) is 5.26 Å². The van der Waals surface area contributed by atoms with Gasteiger partial charge >= 0.3 is 0 Å². The monoisotopic (exact) mass is 606 g/mol. The number of pyridine rings is 4. The first kappa shape index (κ1) is 25.2. The summed E-state index contributed by atoms with van der Waals surface area (Å²) in [6, 6.07) is 34.3. The molecule has 5 rings (SSSR count). The maximum Gasteiger partial charge on any atom is 0.0894 e. The molecule has 0 unspecified atom stereocenters. The van der Waals surface area contributed by atoms with Crippen molar-refractivity contribution in [2.45, 2.75) is 0 Å². The zero-order chi connectivity index (χ0) is 22.4. The summed E-state index contributed by atoms with van der Waals surface area (Å²) in [6.45, 7) is 4.75. The Balaban J connectivity index is 0.000000225. The molecule has 0 saturated carbocycles. The molecule has 0 amide bonds. The quantitative estimate of drug-likeness (QED) is 0.241. The van der Waals surface area contributed by atoms with Crippen LogP contribution in [0.4, 0.5) is 0 Å². The van der Waals surface area contributed by atoms with E-state index < -0.39 is 0 Å². The smallest absolute Gasteiger partial charge is 0.0894 e. The van der Waals surface area contributed by atoms with Gasteiger partial charge in [-0.2, -0.15) is 0 Å². The van der Waals surface area contributed by atoms with Crippen LogP contribution in [-0.2, 0) is 20.1 Å². The van der Waals surface area contributed by atoms with Crippen molar-refractivity contribution < 1.29 is 20.1 Å². The number of nitrogens with zero attached hydrogens (tertiary/aromatic N) is 5. The van der Waals surface area contributed by atoms with E-state index >= 15 is 0 Å². The minimum Gasteiger partial charge on any atom is -0.512 e. The summed E-state index contributed by atoms with van der Waals surface area (Å²) in [6.07, 6.45) is 5.32. The second-order valence-electron chi connectivity index (χ2n) is 6.33. The first-order valence-corrected chi connectivity index (χ1v) is 9.80. The predicted octanol–water partition coefficient (Wildman–Crippen LogP) is 5.85. The van der Waals surface area contributed by atoms with Crippen LogP contribution in [0.5, 0.6) is 0 Å². The fourth-order valence-electron chi connectivity index (χ4n) is 2.82. The van der Waals surface area contributed by atoms with E-state index in [0.29, 0.717) is 0 Å². The Morgan fingerprint density at radius 1 is 0.515 bits per heavy atom. The Bertz CT molecular complexity index is 1120. The van der Waals surface area contributed by atoms with Gasteiger partial charge in [0, 0.05) is 38.7 Å². The molecule has 0 aliphatic heterocycles. The van der Waals surface area contributed by atoms with Gasteiger partial charge in [0.25, 0.3) is 0 Å². The average Bonchev–Trinajstić information content (AvgIpc) is 2.92. The normalized spacial score (nSPS) is 9.15. The van der Waals surface area contributed by atoms with Gasteiger partial charge in [0.2, 0.25) is 0 Å². The van der Waals surface area contributed by atoms with Crippen LogP contribution in [-0.4, -0.2) is 19.9 Å². The maximum absolute atomic E-state index is 6.25. The van der Waals surface area contributed by atoms with Crippen LogP contribution in [0.15, 0.2) is 116 Å². The second kappa shape index (κ2) is 14.1. The summed E-state index contributed by atoms with van der Waals surface area (Å²) < 4.78 is 0. The molecular formula is C27H19IrN5-2. The topological polar surface area (TPSA) is 75.3 Å². The Morgan fingerprint density at radius 3 is 1.39 bits per heavy atom. The Hall–Kier alpha value is -4.04. The SMILES string of the molecule is [C-]#N.[Ir].[c-]1ccccc1-c1ccccn1.c1ccc(-c2cccc(-c3ccccn3)n2)nc1. The minimum absolute atomic E-state index is 0. The van der Waals surface area contributed by atoms with Crippen LogP contribution in [0.2, 0.25) is 0 Å². The van der Waals surface area contributed by atoms with Gasteiger partial charge in [0.05, 0.1) is 22.8 Å². The van der Waals surface area contributed by atoms with Crippen molar-refractivity contribution >= 4 is 0 Å². The average molecular weight is 606 g/mol. The number of benzene rings is 1. The fraction of sp³-hybridized carbons (Fsp3) is 0. The fourth-order valence-corrected chi connectivity index (χ4v) is 2.82. The molecule has 0 aliphatic rings. The largest absolute Gasteiger partial charge is 0.512 e. The molecule has 0 fully saturated rings. The van der Waals surface area contributed by atoms with Crippen LogP contribution < -0.4 is 0 Å². The molecular weight excluding hydrogens is 587 g/mol. The molecule has 0 aliphatic carbocycles. The Kier molecular flexibility index (Phi) is 10.8. The van der Waals surface area contributed by atoms with Gasteiger partial charge in [-0.25, -0.2) is 4.98 Å². The van der Waals surface area contributed by atoms with Crippen LogP contribution >= 0.6 is 0 Å². The molecule has 6 heteroatoms. The first-order chi connectivity index (χ1) is 15.9. The third-order valence-electron chi connectivity index (χ3n) is 4.25. The van der Waals surface area contributed by atoms with E-state index in [-0.39, 0.29) is 20.1 Å². The van der Waals surface area contributed by atoms with E-state index in [1.165, 1.54) is 0 Å². The summed E-state index contributed by atoms with van der Waals surface area (Å²) >= 11 is 0. The number of aromatic nitrogens is 4. The summed E-state index contributed by atoms with van der Waals surface area (Å²) in [5.41, 5.74) is 5.47. The van der Waals surface area contributed by atoms with Gasteiger partial charge in [0.1, 0.15) is 0 Å². The van der Waals surface area contributed by atoms with Crippen molar-refractivity contribution in [1.82, 2.24) is 19.9 Å².